The first-order valence-electron chi connectivity index (χ1n) is 8.49. The van der Waals surface area contributed by atoms with E-state index in [0.29, 0.717) is 35.1 Å². The molecule has 6 nitrogen and oxygen atoms in total. The van der Waals surface area contributed by atoms with E-state index in [1.54, 1.807) is 0 Å². The van der Waals surface area contributed by atoms with Gasteiger partial charge in [-0.3, -0.25) is 0 Å². The molecule has 2 aliphatic heterocycles. The normalized spacial score (nSPS) is 34.4. The lowest BCUT2D eigenvalue weighted by molar-refractivity contribution is -0.154. The number of hydrogen-bond acceptors (Lipinski definition) is 6. The van der Waals surface area contributed by atoms with E-state index in [0.717, 1.165) is 12.8 Å². The maximum atomic E-state index is 12.3. The fourth-order valence-electron chi connectivity index (χ4n) is 4.99. The Morgan fingerprint density at radius 1 is 0.833 bits per heavy atom. The van der Waals surface area contributed by atoms with E-state index in [1.165, 1.54) is 0 Å². The predicted octanol–water partition coefficient (Wildman–Crippen LogP) is 1.84. The van der Waals surface area contributed by atoms with E-state index in [-0.39, 0.29) is 23.7 Å². The zero-order valence-corrected chi connectivity index (χ0v) is 13.6. The van der Waals surface area contributed by atoms with Crippen molar-refractivity contribution >= 4 is 23.9 Å². The molecule has 0 radical (unpaired) electrons. The van der Waals surface area contributed by atoms with E-state index in [1.807, 2.05) is 13.8 Å². The molecule has 0 aromatic rings. The van der Waals surface area contributed by atoms with E-state index in [4.69, 9.17) is 9.47 Å². The van der Waals surface area contributed by atoms with Gasteiger partial charge in [-0.1, -0.05) is 26.7 Å². The molecule has 0 unspecified atom stereocenters. The van der Waals surface area contributed by atoms with Crippen LogP contribution in [0, 0.1) is 23.7 Å². The van der Waals surface area contributed by atoms with Crippen LogP contribution in [0.25, 0.3) is 0 Å². The van der Waals surface area contributed by atoms with Crippen molar-refractivity contribution in [3.05, 3.63) is 22.3 Å². The highest BCUT2D eigenvalue weighted by Gasteiger charge is 2.60. The lowest BCUT2D eigenvalue weighted by Gasteiger charge is -2.36. The maximum Gasteiger partial charge on any atom is 0.342 e. The van der Waals surface area contributed by atoms with Gasteiger partial charge >= 0.3 is 23.9 Å². The fraction of sp³-hybridized carbons (Fsp3) is 0.556. The number of ether oxygens (including phenoxy) is 2. The smallest absolute Gasteiger partial charge is 0.342 e. The predicted molar refractivity (Wildman–Crippen MR) is 80.0 cm³/mol. The Bertz CT molecular complexity index is 755. The van der Waals surface area contributed by atoms with Gasteiger partial charge in [0.2, 0.25) is 0 Å². The molecule has 0 spiro atoms. The fourth-order valence-corrected chi connectivity index (χ4v) is 4.99. The monoisotopic (exact) mass is 330 g/mol. The summed E-state index contributed by atoms with van der Waals surface area (Å²) in [5.74, 6) is -3.13. The van der Waals surface area contributed by atoms with Crippen LogP contribution < -0.4 is 0 Å². The molecule has 0 aromatic heterocycles. The van der Waals surface area contributed by atoms with Crippen molar-refractivity contribution in [1.82, 2.24) is 0 Å². The molecule has 126 valence electrons. The van der Waals surface area contributed by atoms with Crippen LogP contribution in [-0.4, -0.2) is 23.9 Å². The molecule has 0 saturated carbocycles. The lowest BCUT2D eigenvalue weighted by atomic mass is 9.65. The Morgan fingerprint density at radius 2 is 1.46 bits per heavy atom. The largest absolute Gasteiger partial charge is 0.386 e. The summed E-state index contributed by atoms with van der Waals surface area (Å²) in [6.07, 6.45) is 2.62. The third-order valence-corrected chi connectivity index (χ3v) is 5.85. The Labute approximate surface area is 138 Å². The van der Waals surface area contributed by atoms with Crippen molar-refractivity contribution in [1.29, 1.82) is 0 Å². The van der Waals surface area contributed by atoms with Crippen LogP contribution in [0.4, 0.5) is 0 Å². The van der Waals surface area contributed by atoms with Gasteiger partial charge in [0.05, 0.1) is 16.7 Å². The van der Waals surface area contributed by atoms with Gasteiger partial charge in [-0.05, 0) is 24.7 Å². The topological polar surface area (TPSA) is 86.7 Å². The molecule has 2 heterocycles. The van der Waals surface area contributed by atoms with Gasteiger partial charge in [-0.2, -0.15) is 0 Å². The van der Waals surface area contributed by atoms with E-state index in [9.17, 15) is 19.2 Å². The highest BCUT2D eigenvalue weighted by atomic mass is 16.6. The number of rotatable bonds is 3. The molecule has 4 rings (SSSR count). The van der Waals surface area contributed by atoms with Gasteiger partial charge in [-0.25, -0.2) is 19.2 Å². The van der Waals surface area contributed by atoms with Crippen molar-refractivity contribution in [3.8, 4) is 0 Å². The standard InChI is InChI=1S/C18H18O6/c1-3-5-8-11-10(14-12(8)16(20)24-18(14)22)7(4-2)6-9-13(11)17(21)23-15(9)19/h7-8,10-11H,3-6H2,1-2H3/t7-,8-,10-,11+/m1/s1. The first-order valence-corrected chi connectivity index (χ1v) is 8.49. The highest BCUT2D eigenvalue weighted by Crippen LogP contribution is 2.58. The lowest BCUT2D eigenvalue weighted by Crippen LogP contribution is -2.35. The van der Waals surface area contributed by atoms with Crippen molar-refractivity contribution in [2.24, 2.45) is 23.7 Å². The molecule has 4 atom stereocenters. The summed E-state index contributed by atoms with van der Waals surface area (Å²) in [4.78, 5) is 48.8. The zero-order valence-electron chi connectivity index (χ0n) is 13.6. The molecule has 0 saturated heterocycles. The molecule has 0 amide bonds. The Balaban J connectivity index is 1.91. The van der Waals surface area contributed by atoms with Gasteiger partial charge in [0.25, 0.3) is 0 Å². The first kappa shape index (κ1) is 15.3. The van der Waals surface area contributed by atoms with Gasteiger partial charge in [-0.15, -0.1) is 0 Å². The van der Waals surface area contributed by atoms with Crippen LogP contribution in [0.5, 0.6) is 0 Å². The molecule has 4 aliphatic rings. The molecule has 6 heteroatoms. The first-order chi connectivity index (χ1) is 11.5. The van der Waals surface area contributed by atoms with Crippen molar-refractivity contribution in [2.75, 3.05) is 0 Å². The number of carbonyl (C=O) groups excluding carboxylic acids is 4. The summed E-state index contributed by atoms with van der Waals surface area (Å²) in [5, 5.41) is 0. The summed E-state index contributed by atoms with van der Waals surface area (Å²) in [5.41, 5.74) is 1.70. The molecule has 0 bridgehead atoms. The Hall–Kier alpha value is -2.24. The van der Waals surface area contributed by atoms with Crippen LogP contribution >= 0.6 is 0 Å². The van der Waals surface area contributed by atoms with E-state index >= 15 is 0 Å². The number of fused-ring (bicyclic) bond motifs is 3. The van der Waals surface area contributed by atoms with Gasteiger partial charge in [0, 0.05) is 17.4 Å². The molecular weight excluding hydrogens is 312 g/mol. The van der Waals surface area contributed by atoms with Gasteiger partial charge in [0.15, 0.2) is 0 Å². The Morgan fingerprint density at radius 3 is 2.12 bits per heavy atom. The van der Waals surface area contributed by atoms with E-state index < -0.39 is 23.9 Å². The van der Waals surface area contributed by atoms with Crippen LogP contribution in [0.1, 0.15) is 39.5 Å². The molecule has 0 aromatic carbocycles. The number of hydrogen-bond donors (Lipinski definition) is 0. The minimum Gasteiger partial charge on any atom is -0.386 e. The second kappa shape index (κ2) is 5.13. The molecule has 0 fully saturated rings. The average Bonchev–Trinajstić information content (AvgIpc) is 3.12. The Kier molecular flexibility index (Phi) is 3.27. The van der Waals surface area contributed by atoms with Crippen LogP contribution in [0.3, 0.4) is 0 Å². The summed E-state index contributed by atoms with van der Waals surface area (Å²) in [7, 11) is 0. The third kappa shape index (κ3) is 1.77. The summed E-state index contributed by atoms with van der Waals surface area (Å²) in [6, 6.07) is 0. The quantitative estimate of drug-likeness (QED) is 0.580. The average molecular weight is 330 g/mol. The van der Waals surface area contributed by atoms with Crippen molar-refractivity contribution in [2.45, 2.75) is 39.5 Å². The van der Waals surface area contributed by atoms with Crippen LogP contribution in [-0.2, 0) is 28.7 Å². The third-order valence-electron chi connectivity index (χ3n) is 5.85. The van der Waals surface area contributed by atoms with Crippen molar-refractivity contribution < 1.29 is 28.7 Å². The van der Waals surface area contributed by atoms with Crippen molar-refractivity contribution in [3.63, 3.8) is 0 Å². The molecule has 0 N–H and O–H groups in total. The summed E-state index contributed by atoms with van der Waals surface area (Å²) >= 11 is 0. The second-order valence-corrected chi connectivity index (χ2v) is 6.89. The highest BCUT2D eigenvalue weighted by molar-refractivity contribution is 6.16. The van der Waals surface area contributed by atoms with E-state index in [2.05, 4.69) is 0 Å². The van der Waals surface area contributed by atoms with Crippen LogP contribution in [0.2, 0.25) is 0 Å². The number of esters is 4. The van der Waals surface area contributed by atoms with Gasteiger partial charge < -0.3 is 9.47 Å². The van der Waals surface area contributed by atoms with Crippen LogP contribution in [0.15, 0.2) is 22.3 Å². The number of cyclic esters (lactones) is 4. The molecule has 24 heavy (non-hydrogen) atoms. The number of carbonyl (C=O) groups is 4. The summed E-state index contributed by atoms with van der Waals surface area (Å²) in [6.45, 7) is 3.98. The van der Waals surface area contributed by atoms with Gasteiger partial charge in [0.1, 0.15) is 0 Å². The second-order valence-electron chi connectivity index (χ2n) is 6.89. The maximum absolute atomic E-state index is 12.3. The minimum absolute atomic E-state index is 0.0255. The molecule has 2 aliphatic carbocycles. The SMILES string of the molecule is CCC[C@H]1C2=C(C(=O)OC2=O)[C@@H]2[C@H](CC)CC3=C(C(=O)OC3=O)[C@H]21. The minimum atomic E-state index is -0.609. The summed E-state index contributed by atoms with van der Waals surface area (Å²) < 4.78 is 9.69. The zero-order chi connectivity index (χ0) is 17.2. The molecular formula is C18H18O6.